The molecule has 2 nitrogen and oxygen atoms in total. The summed E-state index contributed by atoms with van der Waals surface area (Å²) in [5.74, 6) is 0. The van der Waals surface area contributed by atoms with Crippen molar-refractivity contribution in [1.29, 1.82) is 0 Å². The van der Waals surface area contributed by atoms with Gasteiger partial charge in [0.2, 0.25) is 0 Å². The zero-order valence-corrected chi connectivity index (χ0v) is 13.6. The SMILES string of the molecule is CC(C)(C)C1CN(CCCF)C(Cc2ccccc2)CN1. The molecular formula is C18H29FN2. The summed E-state index contributed by atoms with van der Waals surface area (Å²) >= 11 is 0. The van der Waals surface area contributed by atoms with Gasteiger partial charge in [0.15, 0.2) is 0 Å². The molecule has 0 saturated carbocycles. The standard InChI is InChI=1S/C18H29FN2/c1-18(2,3)17-14-21(11-7-10-19)16(13-20-17)12-15-8-5-4-6-9-15/h4-6,8-9,16-17,20H,7,10-14H2,1-3H3. The van der Waals surface area contributed by atoms with E-state index in [-0.39, 0.29) is 12.1 Å². The van der Waals surface area contributed by atoms with Crippen LogP contribution in [0.3, 0.4) is 0 Å². The highest BCUT2D eigenvalue weighted by atomic mass is 19.1. The molecule has 1 aliphatic heterocycles. The Balaban J connectivity index is 2.02. The zero-order chi connectivity index (χ0) is 15.3. The molecule has 118 valence electrons. The average molecular weight is 292 g/mol. The average Bonchev–Trinajstić information content (AvgIpc) is 2.46. The largest absolute Gasteiger partial charge is 0.311 e. The maximum atomic E-state index is 12.6. The summed E-state index contributed by atoms with van der Waals surface area (Å²) in [5, 5.41) is 3.70. The Bertz CT molecular complexity index is 413. The van der Waals surface area contributed by atoms with Crippen molar-refractivity contribution >= 4 is 0 Å². The fourth-order valence-corrected chi connectivity index (χ4v) is 3.06. The van der Waals surface area contributed by atoms with Gasteiger partial charge in [0.25, 0.3) is 0 Å². The maximum Gasteiger partial charge on any atom is 0.0906 e. The van der Waals surface area contributed by atoms with E-state index >= 15 is 0 Å². The minimum Gasteiger partial charge on any atom is -0.311 e. The molecule has 1 heterocycles. The molecule has 21 heavy (non-hydrogen) atoms. The van der Waals surface area contributed by atoms with Gasteiger partial charge in [-0.1, -0.05) is 51.1 Å². The van der Waals surface area contributed by atoms with Crippen molar-refractivity contribution in [1.82, 2.24) is 10.2 Å². The lowest BCUT2D eigenvalue weighted by atomic mass is 9.84. The van der Waals surface area contributed by atoms with Crippen LogP contribution in [-0.4, -0.2) is 43.3 Å². The van der Waals surface area contributed by atoms with Crippen LogP contribution < -0.4 is 5.32 Å². The molecule has 1 aliphatic rings. The summed E-state index contributed by atoms with van der Waals surface area (Å²) in [5.41, 5.74) is 1.61. The van der Waals surface area contributed by atoms with Crippen molar-refractivity contribution in [2.75, 3.05) is 26.3 Å². The van der Waals surface area contributed by atoms with E-state index in [0.29, 0.717) is 18.5 Å². The van der Waals surface area contributed by atoms with Crippen LogP contribution in [0.2, 0.25) is 0 Å². The van der Waals surface area contributed by atoms with Gasteiger partial charge in [-0.3, -0.25) is 9.29 Å². The zero-order valence-electron chi connectivity index (χ0n) is 13.6. The van der Waals surface area contributed by atoms with E-state index in [0.717, 1.165) is 26.1 Å². The third-order valence-electron chi connectivity index (χ3n) is 4.47. The van der Waals surface area contributed by atoms with Crippen LogP contribution in [-0.2, 0) is 6.42 Å². The van der Waals surface area contributed by atoms with Crippen LogP contribution in [0.25, 0.3) is 0 Å². The second kappa shape index (κ2) is 7.37. The Hall–Kier alpha value is -0.930. The number of hydrogen-bond acceptors (Lipinski definition) is 2. The molecule has 1 aromatic carbocycles. The number of piperazine rings is 1. The summed E-state index contributed by atoms with van der Waals surface area (Å²) in [6.45, 7) is 9.47. The van der Waals surface area contributed by atoms with Gasteiger partial charge in [-0.25, -0.2) is 0 Å². The summed E-state index contributed by atoms with van der Waals surface area (Å²) in [4.78, 5) is 2.49. The highest BCUT2D eigenvalue weighted by Crippen LogP contribution is 2.24. The van der Waals surface area contributed by atoms with Crippen molar-refractivity contribution in [2.24, 2.45) is 5.41 Å². The van der Waals surface area contributed by atoms with Gasteiger partial charge >= 0.3 is 0 Å². The molecule has 0 radical (unpaired) electrons. The second-order valence-corrected chi connectivity index (χ2v) is 7.21. The monoisotopic (exact) mass is 292 g/mol. The lowest BCUT2D eigenvalue weighted by Crippen LogP contribution is -2.61. The molecule has 3 heteroatoms. The molecule has 1 saturated heterocycles. The maximum absolute atomic E-state index is 12.6. The predicted octanol–water partition coefficient (Wildman–Crippen LogP) is 3.28. The first-order chi connectivity index (χ1) is 10.0. The normalized spacial score (nSPS) is 24.2. The molecule has 0 bridgehead atoms. The van der Waals surface area contributed by atoms with E-state index in [1.807, 2.05) is 0 Å². The minimum atomic E-state index is -0.220. The van der Waals surface area contributed by atoms with Crippen molar-refractivity contribution in [3.63, 3.8) is 0 Å². The van der Waals surface area contributed by atoms with E-state index in [1.54, 1.807) is 0 Å². The summed E-state index contributed by atoms with van der Waals surface area (Å²) in [6, 6.07) is 11.6. The van der Waals surface area contributed by atoms with Gasteiger partial charge in [-0.2, -0.15) is 0 Å². The van der Waals surface area contributed by atoms with Crippen molar-refractivity contribution in [3.8, 4) is 0 Å². The molecule has 1 fully saturated rings. The third-order valence-corrected chi connectivity index (χ3v) is 4.47. The first-order valence-electron chi connectivity index (χ1n) is 8.08. The van der Waals surface area contributed by atoms with E-state index in [2.05, 4.69) is 61.3 Å². The number of hydrogen-bond donors (Lipinski definition) is 1. The van der Waals surface area contributed by atoms with E-state index in [9.17, 15) is 4.39 Å². The molecule has 2 atom stereocenters. The molecule has 2 unspecified atom stereocenters. The molecule has 0 aromatic heterocycles. The van der Waals surface area contributed by atoms with E-state index in [1.165, 1.54) is 5.56 Å². The number of halogens is 1. The summed E-state index contributed by atoms with van der Waals surface area (Å²) in [6.07, 6.45) is 1.68. The summed E-state index contributed by atoms with van der Waals surface area (Å²) in [7, 11) is 0. The van der Waals surface area contributed by atoms with Gasteiger partial charge in [-0.15, -0.1) is 0 Å². The summed E-state index contributed by atoms with van der Waals surface area (Å²) < 4.78 is 12.6. The lowest BCUT2D eigenvalue weighted by molar-refractivity contribution is 0.0828. The number of nitrogens with one attached hydrogen (secondary N) is 1. The van der Waals surface area contributed by atoms with Crippen LogP contribution in [0.15, 0.2) is 30.3 Å². The fourth-order valence-electron chi connectivity index (χ4n) is 3.06. The Kier molecular flexibility index (Phi) is 5.77. The van der Waals surface area contributed by atoms with Crippen LogP contribution in [0.1, 0.15) is 32.8 Å². The Morgan fingerprint density at radius 1 is 1.24 bits per heavy atom. The van der Waals surface area contributed by atoms with Crippen molar-refractivity contribution < 1.29 is 4.39 Å². The van der Waals surface area contributed by atoms with Gasteiger partial charge in [0, 0.05) is 31.7 Å². The molecule has 0 amide bonds. The number of alkyl halides is 1. The van der Waals surface area contributed by atoms with Gasteiger partial charge in [0.1, 0.15) is 0 Å². The van der Waals surface area contributed by atoms with Crippen LogP contribution in [0.5, 0.6) is 0 Å². The van der Waals surface area contributed by atoms with E-state index in [4.69, 9.17) is 0 Å². The minimum absolute atomic E-state index is 0.220. The molecule has 0 spiro atoms. The van der Waals surface area contributed by atoms with Crippen molar-refractivity contribution in [3.05, 3.63) is 35.9 Å². The van der Waals surface area contributed by atoms with Gasteiger partial charge in [0.05, 0.1) is 6.67 Å². The topological polar surface area (TPSA) is 15.3 Å². The molecule has 1 aromatic rings. The smallest absolute Gasteiger partial charge is 0.0906 e. The molecule has 1 N–H and O–H groups in total. The molecule has 0 aliphatic carbocycles. The first kappa shape index (κ1) is 16.4. The third kappa shape index (κ3) is 4.79. The van der Waals surface area contributed by atoms with E-state index < -0.39 is 0 Å². The van der Waals surface area contributed by atoms with Crippen LogP contribution in [0.4, 0.5) is 4.39 Å². The second-order valence-electron chi connectivity index (χ2n) is 7.21. The lowest BCUT2D eigenvalue weighted by Gasteiger charge is -2.45. The predicted molar refractivity (Wildman–Crippen MR) is 87.3 cm³/mol. The quantitative estimate of drug-likeness (QED) is 0.896. The molecular weight excluding hydrogens is 263 g/mol. The number of benzene rings is 1. The fraction of sp³-hybridized carbons (Fsp3) is 0.667. The number of nitrogens with zero attached hydrogens (tertiary/aromatic N) is 1. The Morgan fingerprint density at radius 2 is 1.95 bits per heavy atom. The number of rotatable bonds is 5. The molecule has 2 rings (SSSR count). The highest BCUT2D eigenvalue weighted by Gasteiger charge is 2.33. The van der Waals surface area contributed by atoms with Gasteiger partial charge < -0.3 is 5.32 Å². The van der Waals surface area contributed by atoms with Crippen LogP contribution >= 0.6 is 0 Å². The van der Waals surface area contributed by atoms with Crippen molar-refractivity contribution in [2.45, 2.75) is 45.7 Å². The highest BCUT2D eigenvalue weighted by molar-refractivity contribution is 5.16. The van der Waals surface area contributed by atoms with Gasteiger partial charge in [-0.05, 0) is 23.8 Å². The first-order valence-corrected chi connectivity index (χ1v) is 8.08. The Labute approximate surface area is 128 Å². The van der Waals surface area contributed by atoms with Crippen LogP contribution in [0, 0.1) is 5.41 Å². The Morgan fingerprint density at radius 3 is 2.57 bits per heavy atom.